The van der Waals surface area contributed by atoms with Crippen LogP contribution in [0.15, 0.2) is 76.1 Å². The summed E-state index contributed by atoms with van der Waals surface area (Å²) in [6.07, 6.45) is 9.86. The van der Waals surface area contributed by atoms with Gasteiger partial charge in [-0.25, -0.2) is 4.79 Å². The van der Waals surface area contributed by atoms with Crippen molar-refractivity contribution in [3.8, 4) is 11.1 Å². The quantitative estimate of drug-likeness (QED) is 0.167. The van der Waals surface area contributed by atoms with Crippen molar-refractivity contribution < 1.29 is 43.5 Å². The van der Waals surface area contributed by atoms with E-state index in [0.717, 1.165) is 57.6 Å². The first-order valence-corrected chi connectivity index (χ1v) is 24.0. The Kier molecular flexibility index (Phi) is 10.6. The Bertz CT molecular complexity index is 2400. The van der Waals surface area contributed by atoms with Gasteiger partial charge in [0.1, 0.15) is 0 Å². The van der Waals surface area contributed by atoms with Crippen molar-refractivity contribution in [1.29, 1.82) is 0 Å². The highest BCUT2D eigenvalue weighted by Crippen LogP contribution is 2.70. The third-order valence-corrected chi connectivity index (χ3v) is 17.8. The van der Waals surface area contributed by atoms with Gasteiger partial charge in [-0.1, -0.05) is 55.1 Å². The Morgan fingerprint density at radius 2 is 1.77 bits per heavy atom. The van der Waals surface area contributed by atoms with Crippen LogP contribution in [-0.4, -0.2) is 147 Å². The number of hydrogen-bond donors (Lipinski definition) is 2. The van der Waals surface area contributed by atoms with Crippen LogP contribution in [0.1, 0.15) is 64.9 Å². The van der Waals surface area contributed by atoms with Gasteiger partial charge < -0.3 is 34.1 Å². The number of benzene rings is 1. The number of likely N-dealkylation sites (tertiary alicyclic amines) is 1. The van der Waals surface area contributed by atoms with Crippen molar-refractivity contribution in [1.82, 2.24) is 14.7 Å². The number of esters is 3. The number of thiophene rings is 1. The molecule has 3 unspecified atom stereocenters. The van der Waals surface area contributed by atoms with Gasteiger partial charge in [-0.15, -0.1) is 0 Å². The molecule has 2 aliphatic carbocycles. The molecule has 1 aromatic heterocycles. The maximum Gasteiger partial charge on any atom is 0.344 e. The molecule has 2 N–H and O–H groups in total. The van der Waals surface area contributed by atoms with Gasteiger partial charge in [0, 0.05) is 75.7 Å². The highest BCUT2D eigenvalue weighted by molar-refractivity contribution is 7.08. The minimum atomic E-state index is -2.29. The highest BCUT2D eigenvalue weighted by atomic mass is 32.1. The number of piperidine rings is 1. The molecule has 339 valence electrons. The number of aliphatic hydroxyl groups is 2. The molecule has 64 heavy (non-hydrogen) atoms. The third kappa shape index (κ3) is 5.87. The van der Waals surface area contributed by atoms with E-state index in [2.05, 4.69) is 76.4 Å². The predicted octanol–water partition coefficient (Wildman–Crippen LogP) is 4.53. The molecule has 14 heteroatoms. The van der Waals surface area contributed by atoms with Crippen LogP contribution < -0.4 is 5.46 Å². The predicted molar refractivity (Wildman–Crippen MR) is 244 cm³/mol. The number of rotatable bonds is 8. The lowest BCUT2D eigenvalue weighted by atomic mass is 9.46. The zero-order chi connectivity index (χ0) is 45.1. The number of carbonyl (C=O) groups is 3. The molecule has 1 spiro atoms. The summed E-state index contributed by atoms with van der Waals surface area (Å²) in [6.45, 7) is 8.75. The van der Waals surface area contributed by atoms with E-state index in [1.807, 2.05) is 25.8 Å². The molecular formula is C50H61BN3O9S. The lowest BCUT2D eigenvalue weighted by Gasteiger charge is -2.63. The molecule has 10 rings (SSSR count). The van der Waals surface area contributed by atoms with Gasteiger partial charge in [0.25, 0.3) is 0 Å². The molecule has 4 fully saturated rings. The SMILES string of the molecule is CC[C@]1(O)C[C@H]2CN(CCC3=C([B]c4ccc(-c5ccsc5)cc43)[C@@](C(=O)OC)(C3C=C4C(=CC3OC)N(C)[C@H]3[C@@](O)(C(=O)OC)[C@H](OC(C)=O)[C@]5(CC)C=CCN6CC[C@]43[C@@H]65)C2)C1. The molecule has 1 saturated carbocycles. The number of fused-ring (bicyclic) bond motifs is 5. The Hall–Kier alpha value is -4.05. The Morgan fingerprint density at radius 1 is 0.969 bits per heavy atom. The monoisotopic (exact) mass is 890 g/mol. The van der Waals surface area contributed by atoms with Gasteiger partial charge in [0.2, 0.25) is 5.60 Å². The van der Waals surface area contributed by atoms with Gasteiger partial charge in [0.05, 0.1) is 37.4 Å². The van der Waals surface area contributed by atoms with Gasteiger partial charge >= 0.3 is 17.9 Å². The average Bonchev–Trinajstić information content (AvgIpc) is 4.10. The molecule has 1 radical (unpaired) electrons. The Labute approximate surface area is 381 Å². The van der Waals surface area contributed by atoms with E-state index >= 15 is 4.79 Å². The topological polar surface area (TPSA) is 138 Å². The van der Waals surface area contributed by atoms with Crippen molar-refractivity contribution in [2.75, 3.05) is 61.1 Å². The maximum absolute atomic E-state index is 15.6. The van der Waals surface area contributed by atoms with Crippen molar-refractivity contribution in [3.63, 3.8) is 0 Å². The maximum atomic E-state index is 15.6. The molecule has 0 amide bonds. The Balaban J connectivity index is 1.23. The van der Waals surface area contributed by atoms with Crippen LogP contribution in [0.25, 0.3) is 16.7 Å². The summed E-state index contributed by atoms with van der Waals surface area (Å²) in [5.74, 6) is -2.49. The van der Waals surface area contributed by atoms with Crippen LogP contribution in [0.4, 0.5) is 0 Å². The van der Waals surface area contributed by atoms with Crippen molar-refractivity contribution in [3.05, 3.63) is 81.6 Å². The second kappa shape index (κ2) is 15.5. The molecule has 2 aromatic rings. The lowest BCUT2D eigenvalue weighted by molar-refractivity contribution is -0.243. The lowest BCUT2D eigenvalue weighted by Crippen LogP contribution is -2.79. The standard InChI is InChI=1S/C50H61BN3O9S/c1-8-46(58)24-30-25-49(44(56)61-6,40-33(13-18-53(26-30)28-46)34-21-31(11-12-37(34)51-40)32-14-20-64-27-32)36-22-35-38(23-39(36)60-5)52(4)42-48(35)16-19-54-17-10-15-47(9-2,41(48)54)43(63-29(3)55)50(42,59)45(57)62-7/h10-12,14-15,20-23,27,30,36,39,41-43,58-59H,8-9,13,16-19,24-26,28H2,1-7H3/t30-,36?,39?,41+,42-,43-,46+,47-,48-,49+,50+/m1/s1. The van der Waals surface area contributed by atoms with E-state index in [0.29, 0.717) is 58.2 Å². The summed E-state index contributed by atoms with van der Waals surface area (Å²) < 4.78 is 24.4. The molecule has 8 aliphatic rings. The van der Waals surface area contributed by atoms with Crippen molar-refractivity contribution in [2.45, 2.75) is 94.8 Å². The van der Waals surface area contributed by atoms with E-state index in [-0.39, 0.29) is 17.9 Å². The molecule has 7 heterocycles. The summed E-state index contributed by atoms with van der Waals surface area (Å²) >= 11 is 1.66. The molecule has 1 aromatic carbocycles. The number of nitrogens with zero attached hydrogens (tertiary/aromatic N) is 3. The molecule has 3 saturated heterocycles. The summed E-state index contributed by atoms with van der Waals surface area (Å²) in [6, 6.07) is 7.54. The fourth-order valence-electron chi connectivity index (χ4n) is 14.7. The first-order chi connectivity index (χ1) is 30.7. The summed E-state index contributed by atoms with van der Waals surface area (Å²) in [5.41, 5.74) is 1.82. The van der Waals surface area contributed by atoms with Crippen molar-refractivity contribution >= 4 is 47.6 Å². The number of methoxy groups -OCH3 is 3. The average molecular weight is 891 g/mol. The van der Waals surface area contributed by atoms with E-state index < -0.39 is 63.6 Å². The largest absolute Gasteiger partial charge is 0.468 e. The van der Waals surface area contributed by atoms with Crippen LogP contribution in [0.2, 0.25) is 0 Å². The minimum absolute atomic E-state index is 0.0663. The number of hydrogen-bond acceptors (Lipinski definition) is 13. The van der Waals surface area contributed by atoms with E-state index in [9.17, 15) is 19.8 Å². The van der Waals surface area contributed by atoms with Crippen molar-refractivity contribution in [2.24, 2.45) is 28.1 Å². The summed E-state index contributed by atoms with van der Waals surface area (Å²) in [5, 5.41) is 29.8. The molecule has 2 bridgehead atoms. The van der Waals surface area contributed by atoms with Crippen LogP contribution in [0.5, 0.6) is 0 Å². The second-order valence-electron chi connectivity index (χ2n) is 19.9. The van der Waals surface area contributed by atoms with Crippen LogP contribution >= 0.6 is 11.3 Å². The fraction of sp³-hybridized carbons (Fsp3) is 0.580. The smallest absolute Gasteiger partial charge is 0.344 e. The number of carbonyl (C=O) groups excluding carboxylic acids is 3. The highest BCUT2D eigenvalue weighted by Gasteiger charge is 2.81. The van der Waals surface area contributed by atoms with Gasteiger partial charge in [-0.05, 0) is 108 Å². The molecule has 12 nitrogen and oxygen atoms in total. The second-order valence-corrected chi connectivity index (χ2v) is 20.7. The zero-order valence-corrected chi connectivity index (χ0v) is 38.9. The van der Waals surface area contributed by atoms with Crippen LogP contribution in [-0.2, 0) is 33.3 Å². The first kappa shape index (κ1) is 43.8. The van der Waals surface area contributed by atoms with Crippen LogP contribution in [0, 0.1) is 28.1 Å². The van der Waals surface area contributed by atoms with E-state index in [4.69, 9.17) is 18.9 Å². The summed E-state index contributed by atoms with van der Waals surface area (Å²) in [4.78, 5) is 50.0. The van der Waals surface area contributed by atoms with Gasteiger partial charge in [-0.3, -0.25) is 19.4 Å². The third-order valence-electron chi connectivity index (χ3n) is 17.1. The van der Waals surface area contributed by atoms with Crippen LogP contribution in [0.3, 0.4) is 0 Å². The molecule has 6 aliphatic heterocycles. The van der Waals surface area contributed by atoms with Gasteiger partial charge in [-0.2, -0.15) is 11.3 Å². The van der Waals surface area contributed by atoms with Gasteiger partial charge in [0.15, 0.2) is 13.4 Å². The minimum Gasteiger partial charge on any atom is -0.468 e. The summed E-state index contributed by atoms with van der Waals surface area (Å²) in [7, 11) is 8.54. The fourth-order valence-corrected chi connectivity index (χ4v) is 15.4. The zero-order valence-electron chi connectivity index (χ0n) is 38.1. The first-order valence-electron chi connectivity index (χ1n) is 23.1. The molecule has 12 atom stereocenters. The number of allylic oxidation sites excluding steroid dienone is 1. The van der Waals surface area contributed by atoms with E-state index in [1.165, 1.54) is 21.1 Å². The molecular weight excluding hydrogens is 829 g/mol. The number of ether oxygens (including phenoxy) is 4. The number of likely N-dealkylation sites (N-methyl/N-ethyl adjacent to an activating group) is 1. The van der Waals surface area contributed by atoms with E-state index in [1.54, 1.807) is 18.4 Å². The Morgan fingerprint density at radius 3 is 2.45 bits per heavy atom. The normalized spacial score (nSPS) is 39.4.